The second kappa shape index (κ2) is 8.44. The van der Waals surface area contributed by atoms with Gasteiger partial charge in [-0.05, 0) is 22.3 Å². The first-order valence-corrected chi connectivity index (χ1v) is 10.7. The Morgan fingerprint density at radius 1 is 0.281 bits per heavy atom. The van der Waals surface area contributed by atoms with Crippen molar-refractivity contribution in [1.29, 1.82) is 0 Å². The monoisotopic (exact) mass is 412 g/mol. The van der Waals surface area contributed by atoms with Gasteiger partial charge in [-0.1, -0.05) is 121 Å². The zero-order chi connectivity index (χ0) is 21.9. The number of hydrogen-bond acceptors (Lipinski definition) is 2. The molecule has 0 bridgehead atoms. The third-order valence-corrected chi connectivity index (χ3v) is 5.83. The van der Waals surface area contributed by atoms with Crippen LogP contribution in [0.3, 0.4) is 0 Å². The molecule has 0 amide bonds. The molecule has 32 heavy (non-hydrogen) atoms. The SMILES string of the molecule is Nc1c(-c2ccccc2)c(-c2ccccc2)c(N)c(-c2ccccc2)c1-c1ccccc1. The molecule has 0 saturated carbocycles. The van der Waals surface area contributed by atoms with Crippen molar-refractivity contribution >= 4 is 11.4 Å². The summed E-state index contributed by atoms with van der Waals surface area (Å²) >= 11 is 0. The van der Waals surface area contributed by atoms with E-state index in [2.05, 4.69) is 48.5 Å². The first kappa shape index (κ1) is 19.7. The molecule has 0 aliphatic rings. The average molecular weight is 413 g/mol. The summed E-state index contributed by atoms with van der Waals surface area (Å²) in [4.78, 5) is 0. The summed E-state index contributed by atoms with van der Waals surface area (Å²) in [6.07, 6.45) is 0. The van der Waals surface area contributed by atoms with Crippen molar-refractivity contribution < 1.29 is 0 Å². The van der Waals surface area contributed by atoms with E-state index in [-0.39, 0.29) is 0 Å². The van der Waals surface area contributed by atoms with Gasteiger partial charge in [0.15, 0.2) is 0 Å². The normalized spacial score (nSPS) is 10.8. The fourth-order valence-electron chi connectivity index (χ4n) is 4.41. The number of anilines is 2. The largest absolute Gasteiger partial charge is 0.398 e. The third kappa shape index (κ3) is 3.42. The number of nitrogens with two attached hydrogens (primary N) is 2. The molecule has 4 N–H and O–H groups in total. The fourth-order valence-corrected chi connectivity index (χ4v) is 4.41. The Balaban J connectivity index is 1.97. The highest BCUT2D eigenvalue weighted by atomic mass is 14.6. The fraction of sp³-hybridized carbons (Fsp3) is 0. The van der Waals surface area contributed by atoms with Crippen LogP contribution in [0, 0.1) is 0 Å². The predicted octanol–water partition coefficient (Wildman–Crippen LogP) is 7.52. The van der Waals surface area contributed by atoms with E-state index in [1.165, 1.54) is 0 Å². The van der Waals surface area contributed by atoms with Gasteiger partial charge in [0.2, 0.25) is 0 Å². The number of hydrogen-bond donors (Lipinski definition) is 2. The van der Waals surface area contributed by atoms with Gasteiger partial charge in [-0.15, -0.1) is 0 Å². The molecule has 5 rings (SSSR count). The van der Waals surface area contributed by atoms with Gasteiger partial charge in [-0.3, -0.25) is 0 Å². The van der Waals surface area contributed by atoms with Crippen molar-refractivity contribution in [1.82, 2.24) is 0 Å². The van der Waals surface area contributed by atoms with Crippen LogP contribution in [0.5, 0.6) is 0 Å². The van der Waals surface area contributed by atoms with Crippen molar-refractivity contribution in [3.8, 4) is 44.5 Å². The standard InChI is InChI=1S/C30H24N2/c31-29-25(21-13-5-1-6-14-21)26(22-15-7-2-8-16-22)30(32)28(24-19-11-4-12-20-24)27(29)23-17-9-3-10-18-23/h1-20H,31-32H2. The van der Waals surface area contributed by atoms with E-state index in [0.29, 0.717) is 0 Å². The van der Waals surface area contributed by atoms with Crippen molar-refractivity contribution in [2.24, 2.45) is 0 Å². The molecule has 5 aromatic rings. The molecule has 0 aliphatic carbocycles. The van der Waals surface area contributed by atoms with Gasteiger partial charge in [0.25, 0.3) is 0 Å². The summed E-state index contributed by atoms with van der Waals surface area (Å²) in [7, 11) is 0. The summed E-state index contributed by atoms with van der Waals surface area (Å²) < 4.78 is 0. The van der Waals surface area contributed by atoms with Crippen LogP contribution in [0.4, 0.5) is 11.4 Å². The first-order chi connectivity index (χ1) is 15.8. The van der Waals surface area contributed by atoms with Crippen molar-refractivity contribution in [2.45, 2.75) is 0 Å². The molecule has 0 atom stereocenters. The minimum Gasteiger partial charge on any atom is -0.398 e. The van der Waals surface area contributed by atoms with E-state index in [9.17, 15) is 0 Å². The van der Waals surface area contributed by atoms with Crippen LogP contribution in [0.25, 0.3) is 44.5 Å². The second-order valence-corrected chi connectivity index (χ2v) is 7.79. The zero-order valence-corrected chi connectivity index (χ0v) is 17.7. The second-order valence-electron chi connectivity index (χ2n) is 7.79. The van der Waals surface area contributed by atoms with Gasteiger partial charge in [0.05, 0.1) is 0 Å². The summed E-state index contributed by atoms with van der Waals surface area (Å²) in [6.45, 7) is 0. The van der Waals surface area contributed by atoms with Crippen LogP contribution >= 0.6 is 0 Å². The molecule has 0 radical (unpaired) electrons. The number of benzene rings is 5. The Labute approximate surface area is 188 Å². The predicted molar refractivity (Wildman–Crippen MR) is 137 cm³/mol. The van der Waals surface area contributed by atoms with Gasteiger partial charge >= 0.3 is 0 Å². The molecule has 0 fully saturated rings. The minimum absolute atomic E-state index is 0.731. The van der Waals surface area contributed by atoms with E-state index in [1.54, 1.807) is 0 Å². The molecule has 5 aromatic carbocycles. The Bertz CT molecular complexity index is 1130. The van der Waals surface area contributed by atoms with Gasteiger partial charge < -0.3 is 11.5 Å². The maximum absolute atomic E-state index is 7.04. The van der Waals surface area contributed by atoms with Gasteiger partial charge in [-0.2, -0.15) is 0 Å². The third-order valence-electron chi connectivity index (χ3n) is 5.83. The summed E-state index contributed by atoms with van der Waals surface area (Å²) in [5.41, 5.74) is 23.6. The lowest BCUT2D eigenvalue weighted by atomic mass is 9.82. The summed E-state index contributed by atoms with van der Waals surface area (Å²) in [5.74, 6) is 0. The van der Waals surface area contributed by atoms with E-state index in [1.807, 2.05) is 72.8 Å². The zero-order valence-electron chi connectivity index (χ0n) is 17.7. The smallest absolute Gasteiger partial charge is 0.0487 e. The first-order valence-electron chi connectivity index (χ1n) is 10.7. The van der Waals surface area contributed by atoms with Crippen LogP contribution < -0.4 is 11.5 Å². The van der Waals surface area contributed by atoms with E-state index in [4.69, 9.17) is 11.5 Å². The molecule has 2 heteroatoms. The van der Waals surface area contributed by atoms with Crippen LogP contribution in [0.15, 0.2) is 121 Å². The molecule has 2 nitrogen and oxygen atoms in total. The molecular formula is C30H24N2. The maximum Gasteiger partial charge on any atom is 0.0487 e. The van der Waals surface area contributed by atoms with Crippen molar-refractivity contribution in [3.05, 3.63) is 121 Å². The van der Waals surface area contributed by atoms with Gasteiger partial charge in [0.1, 0.15) is 0 Å². The van der Waals surface area contributed by atoms with Crippen LogP contribution in [-0.2, 0) is 0 Å². The quantitative estimate of drug-likeness (QED) is 0.300. The molecular weight excluding hydrogens is 388 g/mol. The highest BCUT2D eigenvalue weighted by molar-refractivity contribution is 6.11. The van der Waals surface area contributed by atoms with E-state index < -0.39 is 0 Å². The molecule has 0 saturated heterocycles. The molecule has 0 spiro atoms. The van der Waals surface area contributed by atoms with Crippen molar-refractivity contribution in [2.75, 3.05) is 11.5 Å². The van der Waals surface area contributed by atoms with Crippen LogP contribution in [0.2, 0.25) is 0 Å². The van der Waals surface area contributed by atoms with Crippen molar-refractivity contribution in [3.63, 3.8) is 0 Å². The van der Waals surface area contributed by atoms with Crippen LogP contribution in [0.1, 0.15) is 0 Å². The lowest BCUT2D eigenvalue weighted by molar-refractivity contribution is 1.54. The molecule has 154 valence electrons. The number of rotatable bonds is 4. The lowest BCUT2D eigenvalue weighted by Crippen LogP contribution is -2.05. The topological polar surface area (TPSA) is 52.0 Å². The Hall–Kier alpha value is -4.30. The Morgan fingerprint density at radius 2 is 0.469 bits per heavy atom. The molecule has 0 heterocycles. The molecule has 0 aromatic heterocycles. The average Bonchev–Trinajstić information content (AvgIpc) is 2.87. The van der Waals surface area contributed by atoms with E-state index >= 15 is 0 Å². The summed E-state index contributed by atoms with van der Waals surface area (Å²) in [5, 5.41) is 0. The van der Waals surface area contributed by atoms with Gasteiger partial charge in [-0.25, -0.2) is 0 Å². The highest BCUT2D eigenvalue weighted by Gasteiger charge is 2.24. The molecule has 0 unspecified atom stereocenters. The minimum atomic E-state index is 0.731. The summed E-state index contributed by atoms with van der Waals surface area (Å²) in [6, 6.07) is 41.1. The highest BCUT2D eigenvalue weighted by Crippen LogP contribution is 2.51. The Morgan fingerprint density at radius 3 is 0.656 bits per heavy atom. The van der Waals surface area contributed by atoms with E-state index in [0.717, 1.165) is 55.9 Å². The maximum atomic E-state index is 7.04. The van der Waals surface area contributed by atoms with Crippen LogP contribution in [-0.4, -0.2) is 0 Å². The lowest BCUT2D eigenvalue weighted by Gasteiger charge is -2.24. The molecule has 0 aliphatic heterocycles. The van der Waals surface area contributed by atoms with Gasteiger partial charge in [0, 0.05) is 33.6 Å². The Kier molecular flexibility index (Phi) is 5.19. The number of nitrogen functional groups attached to an aromatic ring is 2.